The summed E-state index contributed by atoms with van der Waals surface area (Å²) in [6, 6.07) is 50.3. The molecule has 6 aromatic rings. The van der Waals surface area contributed by atoms with Crippen LogP contribution >= 0.6 is 0 Å². The van der Waals surface area contributed by atoms with Gasteiger partial charge in [-0.05, 0) is 128 Å². The molecule has 48 heavy (non-hydrogen) atoms. The lowest BCUT2D eigenvalue weighted by Crippen LogP contribution is -2.14. The van der Waals surface area contributed by atoms with E-state index < -0.39 is 0 Å². The normalized spacial score (nSPS) is 11.6. The van der Waals surface area contributed by atoms with Crippen molar-refractivity contribution in [3.63, 3.8) is 0 Å². The van der Waals surface area contributed by atoms with Crippen LogP contribution in [0.15, 0.2) is 140 Å². The molecule has 0 N–H and O–H groups in total. The second-order valence-corrected chi connectivity index (χ2v) is 13.1. The highest BCUT2D eigenvalue weighted by Crippen LogP contribution is 2.43. The predicted octanol–water partition coefficient (Wildman–Crippen LogP) is 13.0. The molecule has 6 rings (SSSR count). The van der Waals surface area contributed by atoms with E-state index in [1.807, 2.05) is 0 Å². The number of nitrogens with zero attached hydrogens (tertiary/aromatic N) is 2. The van der Waals surface area contributed by atoms with E-state index in [0.29, 0.717) is 12.5 Å². The van der Waals surface area contributed by atoms with Crippen molar-refractivity contribution in [3.8, 4) is 5.75 Å². The van der Waals surface area contributed by atoms with Crippen molar-refractivity contribution in [2.45, 2.75) is 60.5 Å². The van der Waals surface area contributed by atoms with Gasteiger partial charge in [0, 0.05) is 34.9 Å². The standard InChI is InChI=1S/C45H46N2O/c1-7-36(6)38-22-20-37(21-23-38)31-48-45-29-43(46(39-16-8-12-32(2)24-39)40-17-9-13-33(3)25-40)28-44(30-45)47(41-18-10-14-34(4)26-41)42-19-11-15-35(5)27-42/h8-30,36H,7,31H2,1-6H3. The lowest BCUT2D eigenvalue weighted by atomic mass is 9.98. The SMILES string of the molecule is CCC(C)c1ccc(COc2cc(N(c3cccc(C)c3)c3cccc(C)c3)cc(N(c3cccc(C)c3)c3cccc(C)c3)c2)cc1. The highest BCUT2D eigenvalue weighted by atomic mass is 16.5. The monoisotopic (exact) mass is 630 g/mol. The maximum Gasteiger partial charge on any atom is 0.123 e. The van der Waals surface area contributed by atoms with Crippen LogP contribution in [0.25, 0.3) is 0 Å². The maximum atomic E-state index is 6.69. The first-order chi connectivity index (χ1) is 23.3. The molecule has 3 heteroatoms. The van der Waals surface area contributed by atoms with Gasteiger partial charge in [-0.25, -0.2) is 0 Å². The molecule has 3 nitrogen and oxygen atoms in total. The first kappa shape index (κ1) is 32.7. The topological polar surface area (TPSA) is 15.7 Å². The summed E-state index contributed by atoms with van der Waals surface area (Å²) in [5.74, 6) is 1.35. The van der Waals surface area contributed by atoms with Crippen molar-refractivity contribution >= 4 is 34.1 Å². The van der Waals surface area contributed by atoms with Crippen molar-refractivity contribution < 1.29 is 4.74 Å². The second kappa shape index (κ2) is 14.6. The Hall–Kier alpha value is -5.28. The summed E-state index contributed by atoms with van der Waals surface area (Å²) in [5, 5.41) is 0. The summed E-state index contributed by atoms with van der Waals surface area (Å²) < 4.78 is 6.69. The Bertz CT molecular complexity index is 1790. The first-order valence-electron chi connectivity index (χ1n) is 17.0. The van der Waals surface area contributed by atoms with E-state index in [1.54, 1.807) is 0 Å². The molecular formula is C45H46N2O. The summed E-state index contributed by atoms with van der Waals surface area (Å²) in [4.78, 5) is 4.67. The zero-order valence-corrected chi connectivity index (χ0v) is 29.1. The Morgan fingerprint density at radius 1 is 0.479 bits per heavy atom. The molecule has 1 atom stereocenters. The van der Waals surface area contributed by atoms with Crippen molar-refractivity contribution in [1.29, 1.82) is 0 Å². The minimum Gasteiger partial charge on any atom is -0.489 e. The molecule has 0 spiro atoms. The van der Waals surface area contributed by atoms with Gasteiger partial charge in [0.2, 0.25) is 0 Å². The Labute approximate surface area is 287 Å². The highest BCUT2D eigenvalue weighted by molar-refractivity contribution is 5.84. The number of hydrogen-bond acceptors (Lipinski definition) is 3. The molecule has 0 saturated carbocycles. The Kier molecular flexibility index (Phi) is 9.96. The van der Waals surface area contributed by atoms with E-state index in [2.05, 4.69) is 191 Å². The fourth-order valence-electron chi connectivity index (χ4n) is 6.22. The van der Waals surface area contributed by atoms with E-state index in [1.165, 1.54) is 27.8 Å². The van der Waals surface area contributed by atoms with Gasteiger partial charge >= 0.3 is 0 Å². The van der Waals surface area contributed by atoms with Gasteiger partial charge in [-0.1, -0.05) is 86.6 Å². The van der Waals surface area contributed by atoms with E-state index >= 15 is 0 Å². The van der Waals surface area contributed by atoms with Gasteiger partial charge in [-0.15, -0.1) is 0 Å². The fraction of sp³-hybridized carbons (Fsp3) is 0.200. The molecule has 0 fully saturated rings. The number of anilines is 6. The molecule has 0 aliphatic carbocycles. The van der Waals surface area contributed by atoms with Crippen molar-refractivity contribution in [2.24, 2.45) is 0 Å². The summed E-state index contributed by atoms with van der Waals surface area (Å²) in [5.41, 5.74) is 13.8. The number of ether oxygens (including phenoxy) is 1. The third-order valence-corrected chi connectivity index (χ3v) is 9.00. The maximum absolute atomic E-state index is 6.69. The van der Waals surface area contributed by atoms with Crippen LogP contribution in [0.5, 0.6) is 5.75 Å². The lowest BCUT2D eigenvalue weighted by Gasteiger charge is -2.30. The van der Waals surface area contributed by atoms with Crippen LogP contribution in [0.4, 0.5) is 34.1 Å². The highest BCUT2D eigenvalue weighted by Gasteiger charge is 2.20. The molecule has 0 bridgehead atoms. The van der Waals surface area contributed by atoms with Gasteiger partial charge in [-0.3, -0.25) is 0 Å². The van der Waals surface area contributed by atoms with Crippen LogP contribution in [-0.2, 0) is 6.61 Å². The summed E-state index contributed by atoms with van der Waals surface area (Å²) in [7, 11) is 0. The third kappa shape index (κ3) is 7.64. The van der Waals surface area contributed by atoms with Gasteiger partial charge in [0.15, 0.2) is 0 Å². The lowest BCUT2D eigenvalue weighted by molar-refractivity contribution is 0.306. The van der Waals surface area contributed by atoms with Gasteiger partial charge in [0.1, 0.15) is 12.4 Å². The average molecular weight is 631 g/mol. The quantitative estimate of drug-likeness (QED) is 0.142. The molecule has 0 aliphatic rings. The molecule has 6 aromatic carbocycles. The third-order valence-electron chi connectivity index (χ3n) is 9.00. The minimum atomic E-state index is 0.480. The molecule has 0 heterocycles. The molecule has 0 amide bonds. The van der Waals surface area contributed by atoms with Crippen LogP contribution in [0.1, 0.15) is 59.6 Å². The fourth-order valence-corrected chi connectivity index (χ4v) is 6.22. The summed E-state index contributed by atoms with van der Waals surface area (Å²) in [6.07, 6.45) is 1.13. The van der Waals surface area contributed by atoms with Crippen LogP contribution in [0, 0.1) is 27.7 Å². The molecule has 242 valence electrons. The Morgan fingerprint density at radius 2 is 0.875 bits per heavy atom. The van der Waals surface area contributed by atoms with Gasteiger partial charge in [0.25, 0.3) is 0 Å². The van der Waals surface area contributed by atoms with E-state index in [4.69, 9.17) is 4.74 Å². The Balaban J connectivity index is 1.52. The van der Waals surface area contributed by atoms with E-state index in [0.717, 1.165) is 51.9 Å². The minimum absolute atomic E-state index is 0.480. The van der Waals surface area contributed by atoms with E-state index in [9.17, 15) is 0 Å². The molecule has 0 aliphatic heterocycles. The number of benzene rings is 6. The molecular weight excluding hydrogens is 585 g/mol. The Morgan fingerprint density at radius 3 is 1.23 bits per heavy atom. The number of aryl methyl sites for hydroxylation is 4. The average Bonchev–Trinajstić information content (AvgIpc) is 3.08. The van der Waals surface area contributed by atoms with Crippen LogP contribution < -0.4 is 14.5 Å². The summed E-state index contributed by atoms with van der Waals surface area (Å²) in [6.45, 7) is 13.6. The van der Waals surface area contributed by atoms with Gasteiger partial charge < -0.3 is 14.5 Å². The van der Waals surface area contributed by atoms with E-state index in [-0.39, 0.29) is 0 Å². The zero-order valence-electron chi connectivity index (χ0n) is 29.1. The molecule has 0 saturated heterocycles. The van der Waals surface area contributed by atoms with Crippen LogP contribution in [0.3, 0.4) is 0 Å². The van der Waals surface area contributed by atoms with Crippen molar-refractivity contribution in [2.75, 3.05) is 9.80 Å². The number of rotatable bonds is 11. The van der Waals surface area contributed by atoms with Crippen LogP contribution in [-0.4, -0.2) is 0 Å². The van der Waals surface area contributed by atoms with Gasteiger partial charge in [-0.2, -0.15) is 0 Å². The first-order valence-corrected chi connectivity index (χ1v) is 17.0. The molecule has 1 unspecified atom stereocenters. The second-order valence-electron chi connectivity index (χ2n) is 13.1. The molecule has 0 aromatic heterocycles. The van der Waals surface area contributed by atoms with Gasteiger partial charge in [0.05, 0.1) is 11.4 Å². The van der Waals surface area contributed by atoms with Crippen molar-refractivity contribution in [3.05, 3.63) is 173 Å². The smallest absolute Gasteiger partial charge is 0.123 e. The van der Waals surface area contributed by atoms with Crippen molar-refractivity contribution in [1.82, 2.24) is 0 Å². The largest absolute Gasteiger partial charge is 0.489 e. The zero-order chi connectivity index (χ0) is 33.6. The molecule has 0 radical (unpaired) electrons. The summed E-state index contributed by atoms with van der Waals surface area (Å²) >= 11 is 0. The predicted molar refractivity (Wildman–Crippen MR) is 204 cm³/mol. The number of hydrogen-bond donors (Lipinski definition) is 0. The van der Waals surface area contributed by atoms with Crippen LogP contribution in [0.2, 0.25) is 0 Å².